The lowest BCUT2D eigenvalue weighted by Gasteiger charge is -2.22. The Morgan fingerprint density at radius 1 is 1.12 bits per heavy atom. The molecular formula is C16H17ClN4O2S. The lowest BCUT2D eigenvalue weighted by atomic mass is 10.2. The molecule has 2 aromatic carbocycles. The van der Waals surface area contributed by atoms with Crippen LogP contribution in [0.3, 0.4) is 0 Å². The average Bonchev–Trinajstić information content (AvgIpc) is 2.64. The van der Waals surface area contributed by atoms with E-state index in [1.54, 1.807) is 55.4 Å². The Kier molecular flexibility index (Phi) is 4.38. The Bertz CT molecular complexity index is 879. The first-order valence-electron chi connectivity index (χ1n) is 7.27. The number of guanidine groups is 1. The first kappa shape index (κ1) is 16.6. The van der Waals surface area contributed by atoms with Crippen molar-refractivity contribution in [2.75, 3.05) is 23.7 Å². The zero-order chi connectivity index (χ0) is 17.3. The van der Waals surface area contributed by atoms with E-state index >= 15 is 0 Å². The minimum absolute atomic E-state index is 0.169. The van der Waals surface area contributed by atoms with Gasteiger partial charge in [0.25, 0.3) is 0 Å². The number of nitrogens with zero attached hydrogens (tertiary/aromatic N) is 3. The normalized spacial score (nSPS) is 15.8. The summed E-state index contributed by atoms with van der Waals surface area (Å²) in [5.41, 5.74) is 2.05. The third-order valence-electron chi connectivity index (χ3n) is 3.56. The summed E-state index contributed by atoms with van der Waals surface area (Å²) in [4.78, 5) is 1.63. The minimum Gasteiger partial charge on any atom is -0.348 e. The van der Waals surface area contributed by atoms with Gasteiger partial charge >= 0.3 is 10.2 Å². The van der Waals surface area contributed by atoms with Crippen LogP contribution < -0.4 is 9.62 Å². The molecule has 0 amide bonds. The Balaban J connectivity index is 2.09. The van der Waals surface area contributed by atoms with E-state index in [2.05, 4.69) is 9.71 Å². The number of benzene rings is 2. The van der Waals surface area contributed by atoms with E-state index in [0.29, 0.717) is 16.4 Å². The van der Waals surface area contributed by atoms with Gasteiger partial charge in [-0.15, -0.1) is 4.40 Å². The molecule has 0 aliphatic carbocycles. The van der Waals surface area contributed by atoms with Gasteiger partial charge in [-0.3, -0.25) is 0 Å². The van der Waals surface area contributed by atoms with Gasteiger partial charge in [0.1, 0.15) is 0 Å². The van der Waals surface area contributed by atoms with Crippen LogP contribution in [0.2, 0.25) is 5.02 Å². The van der Waals surface area contributed by atoms with E-state index in [9.17, 15) is 8.42 Å². The van der Waals surface area contributed by atoms with Crippen LogP contribution in [0.4, 0.5) is 11.4 Å². The van der Waals surface area contributed by atoms with Crippen LogP contribution in [-0.2, 0) is 16.8 Å². The monoisotopic (exact) mass is 364 g/mol. The van der Waals surface area contributed by atoms with Crippen molar-refractivity contribution in [3.8, 4) is 0 Å². The maximum Gasteiger partial charge on any atom is 0.348 e. The quantitative estimate of drug-likeness (QED) is 0.889. The fourth-order valence-electron chi connectivity index (χ4n) is 2.34. The largest absolute Gasteiger partial charge is 0.348 e. The number of fused-ring (bicyclic) bond motifs is 1. The molecule has 0 radical (unpaired) electrons. The van der Waals surface area contributed by atoms with Crippen LogP contribution in [-0.4, -0.2) is 33.4 Å². The molecule has 0 bridgehead atoms. The van der Waals surface area contributed by atoms with E-state index in [1.807, 2.05) is 12.1 Å². The van der Waals surface area contributed by atoms with Crippen molar-refractivity contribution in [2.45, 2.75) is 6.54 Å². The number of hydrogen-bond acceptors (Lipinski definition) is 4. The number of rotatable bonds is 2. The Hall–Kier alpha value is -2.25. The van der Waals surface area contributed by atoms with Crippen molar-refractivity contribution in [2.24, 2.45) is 4.40 Å². The highest BCUT2D eigenvalue weighted by Crippen LogP contribution is 2.32. The Morgan fingerprint density at radius 2 is 1.79 bits per heavy atom. The molecule has 0 saturated carbocycles. The summed E-state index contributed by atoms with van der Waals surface area (Å²) in [6.07, 6.45) is 0. The molecule has 24 heavy (non-hydrogen) atoms. The van der Waals surface area contributed by atoms with Gasteiger partial charge in [0.2, 0.25) is 5.96 Å². The van der Waals surface area contributed by atoms with Gasteiger partial charge in [-0.05, 0) is 29.8 Å². The summed E-state index contributed by atoms with van der Waals surface area (Å²) in [6, 6.07) is 14.3. The Morgan fingerprint density at radius 3 is 2.46 bits per heavy atom. The van der Waals surface area contributed by atoms with Gasteiger partial charge in [-0.25, -0.2) is 4.31 Å². The molecular weight excluding hydrogens is 348 g/mol. The van der Waals surface area contributed by atoms with Crippen LogP contribution >= 0.6 is 11.6 Å². The fourth-order valence-corrected chi connectivity index (χ4v) is 3.71. The van der Waals surface area contributed by atoms with E-state index in [4.69, 9.17) is 11.6 Å². The van der Waals surface area contributed by atoms with Crippen molar-refractivity contribution in [1.29, 1.82) is 0 Å². The summed E-state index contributed by atoms with van der Waals surface area (Å²) in [5, 5.41) is 3.68. The predicted octanol–water partition coefficient (Wildman–Crippen LogP) is 2.93. The fraction of sp³-hybridized carbons (Fsp3) is 0.188. The number of anilines is 2. The molecule has 126 valence electrons. The molecule has 0 fully saturated rings. The van der Waals surface area contributed by atoms with Gasteiger partial charge in [0.15, 0.2) is 0 Å². The Labute approximate surface area is 146 Å². The average molecular weight is 365 g/mol. The van der Waals surface area contributed by atoms with Crippen LogP contribution in [0.1, 0.15) is 5.56 Å². The summed E-state index contributed by atoms with van der Waals surface area (Å²) in [5.74, 6) is 0.265. The molecule has 1 heterocycles. The molecule has 3 rings (SSSR count). The van der Waals surface area contributed by atoms with E-state index in [1.165, 1.54) is 4.31 Å². The smallest absolute Gasteiger partial charge is 0.348 e. The molecule has 0 aromatic heterocycles. The lowest BCUT2D eigenvalue weighted by molar-refractivity contribution is 0.587. The zero-order valence-electron chi connectivity index (χ0n) is 13.3. The molecule has 0 unspecified atom stereocenters. The van der Waals surface area contributed by atoms with Crippen LogP contribution in [0.5, 0.6) is 0 Å². The van der Waals surface area contributed by atoms with Crippen LogP contribution in [0, 0.1) is 0 Å². The second-order valence-corrected chi connectivity index (χ2v) is 7.52. The van der Waals surface area contributed by atoms with Gasteiger partial charge in [-0.2, -0.15) is 8.42 Å². The maximum atomic E-state index is 12.8. The maximum absolute atomic E-state index is 12.8. The number of halogens is 1. The molecule has 0 spiro atoms. The highest BCUT2D eigenvalue weighted by Gasteiger charge is 2.29. The second-order valence-electron chi connectivity index (χ2n) is 5.56. The van der Waals surface area contributed by atoms with Crippen molar-refractivity contribution < 1.29 is 8.42 Å². The highest BCUT2D eigenvalue weighted by molar-refractivity contribution is 7.91. The lowest BCUT2D eigenvalue weighted by Crippen LogP contribution is -2.31. The van der Waals surface area contributed by atoms with Crippen LogP contribution in [0.15, 0.2) is 52.9 Å². The van der Waals surface area contributed by atoms with Crippen molar-refractivity contribution in [3.05, 3.63) is 59.1 Å². The number of hydrogen-bond donors (Lipinski definition) is 1. The topological polar surface area (TPSA) is 65.0 Å². The summed E-state index contributed by atoms with van der Waals surface area (Å²) < 4.78 is 30.8. The SMILES string of the molecule is CN(C)C1=NS(=O)(=O)N(Cc2ccc(Cl)cc2)c2ccccc2N1. The van der Waals surface area contributed by atoms with Gasteiger partial charge in [-0.1, -0.05) is 35.9 Å². The van der Waals surface area contributed by atoms with Gasteiger partial charge in [0.05, 0.1) is 17.9 Å². The predicted molar refractivity (Wildman–Crippen MR) is 97.7 cm³/mol. The molecule has 1 aliphatic heterocycles. The molecule has 2 aromatic rings. The standard InChI is InChI=1S/C16H17ClN4O2S/c1-20(2)16-18-14-5-3-4-6-15(14)21(24(22,23)19-16)11-12-7-9-13(17)10-8-12/h3-10H,11H2,1-2H3,(H,18,19). The minimum atomic E-state index is -3.89. The van der Waals surface area contributed by atoms with Crippen molar-refractivity contribution in [3.63, 3.8) is 0 Å². The number of nitrogens with one attached hydrogen (secondary N) is 1. The van der Waals surface area contributed by atoms with E-state index in [0.717, 1.165) is 5.56 Å². The molecule has 1 aliphatic rings. The van der Waals surface area contributed by atoms with E-state index in [-0.39, 0.29) is 12.5 Å². The molecule has 0 atom stereocenters. The van der Waals surface area contributed by atoms with Gasteiger partial charge in [0, 0.05) is 19.1 Å². The molecule has 6 nitrogen and oxygen atoms in total. The third-order valence-corrected chi connectivity index (χ3v) is 5.10. The second kappa shape index (κ2) is 6.33. The summed E-state index contributed by atoms with van der Waals surface area (Å²) in [7, 11) is -0.422. The van der Waals surface area contributed by atoms with E-state index < -0.39 is 10.2 Å². The zero-order valence-corrected chi connectivity index (χ0v) is 14.8. The summed E-state index contributed by atoms with van der Waals surface area (Å²) in [6.45, 7) is 0.169. The first-order valence-corrected chi connectivity index (χ1v) is 9.05. The van der Waals surface area contributed by atoms with Crippen molar-refractivity contribution in [1.82, 2.24) is 4.90 Å². The third kappa shape index (κ3) is 3.32. The molecule has 8 heteroatoms. The first-order chi connectivity index (χ1) is 11.4. The van der Waals surface area contributed by atoms with Gasteiger partial charge < -0.3 is 10.2 Å². The summed E-state index contributed by atoms with van der Waals surface area (Å²) >= 11 is 5.90. The van der Waals surface area contributed by atoms with Crippen molar-refractivity contribution >= 4 is 39.1 Å². The highest BCUT2D eigenvalue weighted by atomic mass is 35.5. The van der Waals surface area contributed by atoms with Crippen LogP contribution in [0.25, 0.3) is 0 Å². The molecule has 0 saturated heterocycles. The molecule has 1 N–H and O–H groups in total. The number of para-hydroxylation sites is 2.